The molecule has 2 aromatic carbocycles. The first kappa shape index (κ1) is 22.0. The minimum absolute atomic E-state index is 0.0509. The highest BCUT2D eigenvalue weighted by Crippen LogP contribution is 2.42. The van der Waals surface area contributed by atoms with Crippen LogP contribution in [0.4, 0.5) is 5.13 Å². The van der Waals surface area contributed by atoms with Crippen LogP contribution in [0.3, 0.4) is 0 Å². The van der Waals surface area contributed by atoms with Gasteiger partial charge in [-0.25, -0.2) is 4.98 Å². The predicted molar refractivity (Wildman–Crippen MR) is 125 cm³/mol. The van der Waals surface area contributed by atoms with Crippen molar-refractivity contribution in [2.24, 2.45) is 5.41 Å². The molecule has 3 rings (SSSR count). The second-order valence-corrected chi connectivity index (χ2v) is 9.94. The summed E-state index contributed by atoms with van der Waals surface area (Å²) in [5.74, 6) is 0.624. The second-order valence-electron chi connectivity index (χ2n) is 9.08. The molecular weight excluding hydrogens is 392 g/mol. The fraction of sp³-hybridized carbons (Fsp3) is 0.360. The average molecular weight is 423 g/mol. The quantitative estimate of drug-likeness (QED) is 0.511. The van der Waals surface area contributed by atoms with Gasteiger partial charge in [0, 0.05) is 16.7 Å². The van der Waals surface area contributed by atoms with E-state index in [1.54, 1.807) is 7.11 Å². The topological polar surface area (TPSA) is 51.2 Å². The summed E-state index contributed by atoms with van der Waals surface area (Å²) in [6.07, 6.45) is 0. The van der Waals surface area contributed by atoms with Gasteiger partial charge in [0.05, 0.1) is 18.2 Å². The Labute approximate surface area is 183 Å². The molecule has 5 heteroatoms. The van der Waals surface area contributed by atoms with Gasteiger partial charge in [-0.15, -0.1) is 11.3 Å². The lowest BCUT2D eigenvalue weighted by molar-refractivity contribution is -0.124. The van der Waals surface area contributed by atoms with Crippen LogP contribution in [0, 0.1) is 5.41 Å². The van der Waals surface area contributed by atoms with Gasteiger partial charge in [-0.05, 0) is 23.3 Å². The van der Waals surface area contributed by atoms with E-state index in [1.165, 1.54) is 11.3 Å². The van der Waals surface area contributed by atoms with Crippen molar-refractivity contribution in [2.45, 2.75) is 46.0 Å². The first-order valence-electron chi connectivity index (χ1n) is 10.1. The molecule has 0 aliphatic rings. The highest BCUT2D eigenvalue weighted by atomic mass is 32.1. The van der Waals surface area contributed by atoms with Crippen LogP contribution in [0.5, 0.6) is 5.75 Å². The standard InChI is InChI=1S/C25H30N2O2S/c1-24(2,3)20-16-30-23(26-20)27-22(28)25(4,5)21(17-10-8-7-9-11-17)18-12-14-19(29-6)15-13-18/h7-16,21H,1-6H3,(H,26,27,28). The zero-order chi connectivity index (χ0) is 21.9. The third kappa shape index (κ3) is 4.73. The number of rotatable bonds is 6. The van der Waals surface area contributed by atoms with Crippen LogP contribution in [-0.4, -0.2) is 18.0 Å². The van der Waals surface area contributed by atoms with E-state index in [2.05, 4.69) is 43.2 Å². The maximum absolute atomic E-state index is 13.4. The van der Waals surface area contributed by atoms with E-state index in [-0.39, 0.29) is 17.2 Å². The van der Waals surface area contributed by atoms with Crippen LogP contribution in [0.2, 0.25) is 0 Å². The number of ether oxygens (including phenoxy) is 1. The van der Waals surface area contributed by atoms with Gasteiger partial charge in [-0.3, -0.25) is 4.79 Å². The number of thiazole rings is 1. The molecule has 4 nitrogen and oxygen atoms in total. The molecule has 3 aromatic rings. The van der Waals surface area contributed by atoms with Gasteiger partial charge >= 0.3 is 0 Å². The number of methoxy groups -OCH3 is 1. The van der Waals surface area contributed by atoms with Crippen molar-refractivity contribution in [1.82, 2.24) is 4.98 Å². The van der Waals surface area contributed by atoms with E-state index in [4.69, 9.17) is 4.74 Å². The fourth-order valence-electron chi connectivity index (χ4n) is 3.53. The zero-order valence-corrected chi connectivity index (χ0v) is 19.3. The summed E-state index contributed by atoms with van der Waals surface area (Å²) >= 11 is 1.47. The maximum Gasteiger partial charge on any atom is 0.232 e. The fourth-order valence-corrected chi connectivity index (χ4v) is 4.46. The van der Waals surface area contributed by atoms with Crippen molar-refractivity contribution in [1.29, 1.82) is 0 Å². The molecule has 0 bridgehead atoms. The van der Waals surface area contributed by atoms with E-state index in [0.29, 0.717) is 5.13 Å². The Kier molecular flexibility index (Phi) is 6.32. The lowest BCUT2D eigenvalue weighted by Gasteiger charge is -2.34. The maximum atomic E-state index is 13.4. The number of carbonyl (C=O) groups excluding carboxylic acids is 1. The zero-order valence-electron chi connectivity index (χ0n) is 18.5. The molecule has 1 atom stereocenters. The molecule has 0 aliphatic carbocycles. The molecule has 1 amide bonds. The first-order valence-corrected chi connectivity index (χ1v) is 11.0. The number of carbonyl (C=O) groups is 1. The summed E-state index contributed by atoms with van der Waals surface area (Å²) in [5, 5.41) is 5.71. The van der Waals surface area contributed by atoms with Crippen molar-refractivity contribution >= 4 is 22.4 Å². The molecule has 1 heterocycles. The first-order chi connectivity index (χ1) is 14.1. The van der Waals surface area contributed by atoms with Crippen molar-refractivity contribution in [3.05, 3.63) is 76.8 Å². The number of nitrogens with zero attached hydrogens (tertiary/aromatic N) is 1. The number of benzene rings is 2. The monoisotopic (exact) mass is 422 g/mol. The predicted octanol–water partition coefficient (Wildman–Crippen LogP) is 6.25. The lowest BCUT2D eigenvalue weighted by Crippen LogP contribution is -2.37. The summed E-state index contributed by atoms with van der Waals surface area (Å²) in [6, 6.07) is 18.1. The molecule has 0 saturated carbocycles. The van der Waals surface area contributed by atoms with E-state index in [1.807, 2.05) is 61.7 Å². The number of nitrogens with one attached hydrogen (secondary N) is 1. The smallest absolute Gasteiger partial charge is 0.232 e. The number of aromatic nitrogens is 1. The van der Waals surface area contributed by atoms with Gasteiger partial charge in [-0.1, -0.05) is 77.1 Å². The lowest BCUT2D eigenvalue weighted by atomic mass is 9.70. The van der Waals surface area contributed by atoms with E-state index in [9.17, 15) is 4.79 Å². The highest BCUT2D eigenvalue weighted by Gasteiger charge is 2.39. The van der Waals surface area contributed by atoms with Crippen molar-refractivity contribution in [2.75, 3.05) is 12.4 Å². The molecule has 158 valence electrons. The molecule has 1 aromatic heterocycles. The Morgan fingerprint density at radius 3 is 2.10 bits per heavy atom. The third-order valence-electron chi connectivity index (χ3n) is 5.38. The van der Waals surface area contributed by atoms with Crippen LogP contribution in [0.15, 0.2) is 60.0 Å². The molecule has 30 heavy (non-hydrogen) atoms. The molecule has 0 spiro atoms. The number of anilines is 1. The SMILES string of the molecule is COc1ccc(C(c2ccccc2)C(C)(C)C(=O)Nc2nc(C(C)(C)C)cs2)cc1. The number of hydrogen-bond acceptors (Lipinski definition) is 4. The molecule has 0 radical (unpaired) electrons. The Morgan fingerprint density at radius 1 is 0.967 bits per heavy atom. The molecule has 0 saturated heterocycles. The molecule has 0 fully saturated rings. The van der Waals surface area contributed by atoms with Crippen LogP contribution < -0.4 is 10.1 Å². The van der Waals surface area contributed by atoms with Crippen LogP contribution in [0.25, 0.3) is 0 Å². The van der Waals surface area contributed by atoms with Gasteiger partial charge < -0.3 is 10.1 Å². The van der Waals surface area contributed by atoms with Crippen molar-refractivity contribution in [3.63, 3.8) is 0 Å². The van der Waals surface area contributed by atoms with Crippen LogP contribution >= 0.6 is 11.3 Å². The second kappa shape index (κ2) is 8.60. The summed E-state index contributed by atoms with van der Waals surface area (Å²) in [5.41, 5.74) is 2.39. The van der Waals surface area contributed by atoms with Crippen molar-refractivity contribution in [3.8, 4) is 5.75 Å². The van der Waals surface area contributed by atoms with Crippen LogP contribution in [-0.2, 0) is 10.2 Å². The van der Waals surface area contributed by atoms with Gasteiger partial charge in [0.1, 0.15) is 5.75 Å². The summed E-state index contributed by atoms with van der Waals surface area (Å²) in [7, 11) is 1.65. The average Bonchev–Trinajstić information content (AvgIpc) is 3.18. The van der Waals surface area contributed by atoms with Crippen LogP contribution in [0.1, 0.15) is 57.4 Å². The van der Waals surface area contributed by atoms with Gasteiger partial charge in [0.2, 0.25) is 5.91 Å². The normalized spacial score (nSPS) is 13.0. The Balaban J connectivity index is 1.94. The van der Waals surface area contributed by atoms with E-state index in [0.717, 1.165) is 22.6 Å². The summed E-state index contributed by atoms with van der Waals surface area (Å²) in [6.45, 7) is 10.3. The van der Waals surface area contributed by atoms with Gasteiger partial charge in [0.25, 0.3) is 0 Å². The molecular formula is C25H30N2O2S. The Bertz CT molecular complexity index is 986. The van der Waals surface area contributed by atoms with Gasteiger partial charge in [-0.2, -0.15) is 0 Å². The minimum atomic E-state index is -0.705. The molecule has 0 aliphatic heterocycles. The Hall–Kier alpha value is -2.66. The highest BCUT2D eigenvalue weighted by molar-refractivity contribution is 7.14. The van der Waals surface area contributed by atoms with Gasteiger partial charge in [0.15, 0.2) is 5.13 Å². The Morgan fingerprint density at radius 2 is 1.57 bits per heavy atom. The molecule has 1 unspecified atom stereocenters. The third-order valence-corrected chi connectivity index (χ3v) is 6.14. The van der Waals surface area contributed by atoms with Crippen molar-refractivity contribution < 1.29 is 9.53 Å². The number of amides is 1. The van der Waals surface area contributed by atoms with E-state index < -0.39 is 5.41 Å². The van der Waals surface area contributed by atoms with E-state index >= 15 is 0 Å². The summed E-state index contributed by atoms with van der Waals surface area (Å²) < 4.78 is 5.31. The largest absolute Gasteiger partial charge is 0.497 e. The number of hydrogen-bond donors (Lipinski definition) is 1. The minimum Gasteiger partial charge on any atom is -0.497 e. The molecule has 1 N–H and O–H groups in total. The summed E-state index contributed by atoms with van der Waals surface area (Å²) in [4.78, 5) is 18.1.